The van der Waals surface area contributed by atoms with Crippen molar-refractivity contribution >= 4 is 33.5 Å². The zero-order valence-corrected chi connectivity index (χ0v) is 35.1. The predicted molar refractivity (Wildman–Crippen MR) is 235 cm³/mol. The predicted octanol–water partition coefficient (Wildman–Crippen LogP) is 12.3. The van der Waals surface area contributed by atoms with E-state index in [1.54, 1.807) is 0 Å². The molecule has 0 radical (unpaired) electrons. The summed E-state index contributed by atoms with van der Waals surface area (Å²) in [6.45, 7) is 16.9. The Morgan fingerprint density at radius 1 is 0.649 bits per heavy atom. The van der Waals surface area contributed by atoms with Gasteiger partial charge in [-0.2, -0.15) is 0 Å². The third kappa shape index (κ3) is 14.3. The minimum absolute atomic E-state index is 0. The summed E-state index contributed by atoms with van der Waals surface area (Å²) in [4.78, 5) is 22.1. The van der Waals surface area contributed by atoms with Crippen LogP contribution in [0.5, 0.6) is 11.5 Å². The molecule has 0 saturated heterocycles. The Morgan fingerprint density at radius 3 is 1.54 bits per heavy atom. The monoisotopic (exact) mass is 782 g/mol. The Kier molecular flexibility index (Phi) is 16.9. The second-order valence-corrected chi connectivity index (χ2v) is 18.3. The molecule has 2 fully saturated rings. The van der Waals surface area contributed by atoms with Crippen molar-refractivity contribution < 1.29 is 28.9 Å². The van der Waals surface area contributed by atoms with E-state index in [1.165, 1.54) is 42.0 Å². The standard InChI is InChI=1S/C26H36O3.C23H31NO3.CH4/c1-5-28-25(27)8-6-7-19-9-10-21-18-24(14-11-20(21)17-19)29-23-15-12-22(13-16-23)26(2,3)4;1-23(2,3)19-7-10-20(11-8-19)27-21-9-6-17-12-16(4-5-18(17)13-21)14-24-15-22(25)26;/h9-11,14,17-18,22-23H,5-8,12-13,15-16H2,1-4H3;4-6,9,12-13,19-20,24H,7-8,10-11,14-15H2,1-3H3,(H,25,26);1H4. The Hall–Kier alpha value is -4.10. The molecular weight excluding hydrogens is 711 g/mol. The van der Waals surface area contributed by atoms with Crippen LogP contribution in [0, 0.1) is 22.7 Å². The molecule has 0 unspecified atom stereocenters. The number of aliphatic carboxylic acids is 1. The Labute approximate surface area is 343 Å². The summed E-state index contributed by atoms with van der Waals surface area (Å²) in [6, 6.07) is 25.4. The molecule has 4 aromatic carbocycles. The van der Waals surface area contributed by atoms with Gasteiger partial charge in [-0.1, -0.05) is 91.4 Å². The van der Waals surface area contributed by atoms with E-state index >= 15 is 0 Å². The summed E-state index contributed by atoms with van der Waals surface area (Å²) >= 11 is 0. The van der Waals surface area contributed by atoms with E-state index in [0.29, 0.717) is 42.6 Å². The summed E-state index contributed by atoms with van der Waals surface area (Å²) in [6.07, 6.45) is 12.4. The van der Waals surface area contributed by atoms with Gasteiger partial charge in [-0.15, -0.1) is 0 Å². The molecule has 7 nitrogen and oxygen atoms in total. The van der Waals surface area contributed by atoms with Crippen LogP contribution in [0.15, 0.2) is 72.8 Å². The lowest BCUT2D eigenvalue weighted by molar-refractivity contribution is -0.143. The van der Waals surface area contributed by atoms with Gasteiger partial charge in [-0.05, 0) is 157 Å². The quantitative estimate of drug-likeness (QED) is 0.130. The summed E-state index contributed by atoms with van der Waals surface area (Å²) in [5.41, 5.74) is 3.14. The van der Waals surface area contributed by atoms with E-state index in [9.17, 15) is 9.59 Å². The van der Waals surface area contributed by atoms with Gasteiger partial charge in [0.05, 0.1) is 25.4 Å². The molecule has 0 amide bonds. The number of ether oxygens (including phenoxy) is 3. The lowest BCUT2D eigenvalue weighted by atomic mass is 9.72. The van der Waals surface area contributed by atoms with E-state index in [4.69, 9.17) is 19.3 Å². The SMILES string of the molecule is C.CC(C)(C)C1CCC(Oc2ccc3cc(CNCC(=O)O)ccc3c2)CC1.CCOC(=O)CCCc1ccc2cc(OC3CCC(C(C)(C)C)CC3)ccc2c1. The molecule has 2 aliphatic carbocycles. The van der Waals surface area contributed by atoms with Crippen molar-refractivity contribution in [2.24, 2.45) is 22.7 Å². The van der Waals surface area contributed by atoms with Gasteiger partial charge >= 0.3 is 11.9 Å². The summed E-state index contributed by atoms with van der Waals surface area (Å²) in [7, 11) is 0. The van der Waals surface area contributed by atoms with Crippen LogP contribution in [-0.2, 0) is 27.3 Å². The molecule has 0 aromatic heterocycles. The van der Waals surface area contributed by atoms with Crippen molar-refractivity contribution in [3.8, 4) is 11.5 Å². The van der Waals surface area contributed by atoms with Gasteiger partial charge in [0.15, 0.2) is 0 Å². The minimum Gasteiger partial charge on any atom is -0.490 e. The molecule has 312 valence electrons. The lowest BCUT2D eigenvalue weighted by Crippen LogP contribution is -2.30. The zero-order valence-electron chi connectivity index (χ0n) is 35.1. The number of carbonyl (C=O) groups is 2. The first-order valence-corrected chi connectivity index (χ1v) is 21.1. The van der Waals surface area contributed by atoms with E-state index < -0.39 is 5.97 Å². The highest BCUT2D eigenvalue weighted by Gasteiger charge is 2.31. The number of rotatable bonds is 13. The summed E-state index contributed by atoms with van der Waals surface area (Å²) in [5.74, 6) is 2.58. The molecule has 6 rings (SSSR count). The van der Waals surface area contributed by atoms with E-state index in [1.807, 2.05) is 19.1 Å². The maximum absolute atomic E-state index is 11.5. The molecule has 0 atom stereocenters. The summed E-state index contributed by atoms with van der Waals surface area (Å²) < 4.78 is 17.6. The van der Waals surface area contributed by atoms with Crippen LogP contribution >= 0.6 is 0 Å². The Bertz CT molecular complexity index is 1870. The van der Waals surface area contributed by atoms with E-state index in [0.717, 1.165) is 78.2 Å². The highest BCUT2D eigenvalue weighted by molar-refractivity contribution is 5.85. The summed E-state index contributed by atoms with van der Waals surface area (Å²) in [5, 5.41) is 16.4. The van der Waals surface area contributed by atoms with Crippen molar-refractivity contribution in [2.75, 3.05) is 13.2 Å². The molecule has 0 spiro atoms. The molecule has 7 heteroatoms. The fourth-order valence-corrected chi connectivity index (χ4v) is 8.42. The number of carboxylic acid groups (broad SMARTS) is 1. The number of fused-ring (bicyclic) bond motifs is 2. The molecule has 0 bridgehead atoms. The van der Waals surface area contributed by atoms with Crippen LogP contribution in [0.1, 0.15) is 131 Å². The largest absolute Gasteiger partial charge is 0.490 e. The second-order valence-electron chi connectivity index (χ2n) is 18.3. The fraction of sp³-hybridized carbons (Fsp3) is 0.560. The molecule has 2 N–H and O–H groups in total. The number of hydrogen-bond donors (Lipinski definition) is 2. The van der Waals surface area contributed by atoms with Gasteiger partial charge in [0.2, 0.25) is 0 Å². The number of hydrogen-bond acceptors (Lipinski definition) is 6. The molecule has 4 aromatic rings. The van der Waals surface area contributed by atoms with Gasteiger partial charge in [0, 0.05) is 13.0 Å². The van der Waals surface area contributed by atoms with Gasteiger partial charge in [0.25, 0.3) is 0 Å². The fourth-order valence-electron chi connectivity index (χ4n) is 8.42. The van der Waals surface area contributed by atoms with Crippen molar-refractivity contribution in [3.63, 3.8) is 0 Å². The van der Waals surface area contributed by atoms with E-state index in [2.05, 4.69) is 108 Å². The molecule has 0 aliphatic heterocycles. The third-order valence-corrected chi connectivity index (χ3v) is 11.9. The second kappa shape index (κ2) is 21.1. The number of nitrogens with one attached hydrogen (secondary N) is 1. The van der Waals surface area contributed by atoms with Crippen LogP contribution in [0.3, 0.4) is 0 Å². The van der Waals surface area contributed by atoms with Gasteiger partial charge in [0.1, 0.15) is 11.5 Å². The topological polar surface area (TPSA) is 94.1 Å². The molecular formula is C50H71NO6. The first-order chi connectivity index (χ1) is 26.7. The third-order valence-electron chi connectivity index (χ3n) is 11.9. The molecule has 0 heterocycles. The van der Waals surface area contributed by atoms with Crippen LogP contribution < -0.4 is 14.8 Å². The highest BCUT2D eigenvalue weighted by Crippen LogP contribution is 2.40. The first-order valence-electron chi connectivity index (χ1n) is 21.1. The normalized spacial score (nSPS) is 19.8. The average molecular weight is 782 g/mol. The van der Waals surface area contributed by atoms with Crippen LogP contribution in [-0.4, -0.2) is 42.4 Å². The number of carbonyl (C=O) groups excluding carboxylic acids is 1. The zero-order chi connectivity index (χ0) is 40.3. The van der Waals surface area contributed by atoms with Gasteiger partial charge in [-0.25, -0.2) is 0 Å². The molecule has 2 aliphatic rings. The number of benzene rings is 4. The van der Waals surface area contributed by atoms with Crippen LogP contribution in [0.4, 0.5) is 0 Å². The highest BCUT2D eigenvalue weighted by atomic mass is 16.5. The lowest BCUT2D eigenvalue weighted by Gasteiger charge is -2.37. The van der Waals surface area contributed by atoms with Crippen molar-refractivity contribution in [1.82, 2.24) is 5.32 Å². The Balaban J connectivity index is 0.000000249. The number of aryl methyl sites for hydroxylation is 1. The minimum atomic E-state index is -0.839. The number of esters is 1. The molecule has 2 saturated carbocycles. The number of carboxylic acids is 1. The van der Waals surface area contributed by atoms with E-state index in [-0.39, 0.29) is 19.9 Å². The van der Waals surface area contributed by atoms with Crippen molar-refractivity contribution in [1.29, 1.82) is 0 Å². The van der Waals surface area contributed by atoms with Gasteiger partial charge in [-0.3, -0.25) is 9.59 Å². The molecule has 57 heavy (non-hydrogen) atoms. The average Bonchev–Trinajstić information content (AvgIpc) is 3.15. The van der Waals surface area contributed by atoms with Crippen molar-refractivity contribution in [3.05, 3.63) is 83.9 Å². The smallest absolute Gasteiger partial charge is 0.317 e. The van der Waals surface area contributed by atoms with Crippen molar-refractivity contribution in [2.45, 2.75) is 145 Å². The van der Waals surface area contributed by atoms with Gasteiger partial charge < -0.3 is 24.6 Å². The maximum atomic E-state index is 11.5. The first kappa shape index (κ1) is 45.6. The van der Waals surface area contributed by atoms with Crippen LogP contribution in [0.25, 0.3) is 21.5 Å². The Morgan fingerprint density at radius 2 is 1.09 bits per heavy atom. The van der Waals surface area contributed by atoms with Crippen LogP contribution in [0.2, 0.25) is 0 Å². The maximum Gasteiger partial charge on any atom is 0.317 e.